The summed E-state index contributed by atoms with van der Waals surface area (Å²) in [6.07, 6.45) is 12.9. The van der Waals surface area contributed by atoms with Crippen LogP contribution in [0.2, 0.25) is 0 Å². The lowest BCUT2D eigenvalue weighted by molar-refractivity contribution is -0.106. The Morgan fingerprint density at radius 1 is 0.561 bits per heavy atom. The van der Waals surface area contributed by atoms with E-state index in [1.54, 1.807) is 11.1 Å². The zero-order valence-electron chi connectivity index (χ0n) is 25.1. The molecule has 2 unspecified atom stereocenters. The molecule has 4 aromatic carbocycles. The van der Waals surface area contributed by atoms with Gasteiger partial charge in [0, 0.05) is 0 Å². The van der Waals surface area contributed by atoms with Gasteiger partial charge in [0.2, 0.25) is 0 Å². The van der Waals surface area contributed by atoms with Crippen LogP contribution in [0.3, 0.4) is 0 Å². The number of fused-ring (bicyclic) bond motifs is 6. The van der Waals surface area contributed by atoms with E-state index in [1.807, 2.05) is 0 Å². The molecule has 41 heavy (non-hydrogen) atoms. The zero-order valence-corrected chi connectivity index (χ0v) is 25.1. The third kappa shape index (κ3) is 4.31. The van der Waals surface area contributed by atoms with Gasteiger partial charge in [-0.1, -0.05) is 111 Å². The van der Waals surface area contributed by atoms with Crippen LogP contribution in [0.4, 0.5) is 0 Å². The van der Waals surface area contributed by atoms with Gasteiger partial charge in [-0.05, 0) is 137 Å². The number of benzene rings is 4. The molecule has 4 fully saturated rings. The van der Waals surface area contributed by atoms with Crippen LogP contribution >= 0.6 is 0 Å². The molecule has 0 radical (unpaired) electrons. The maximum Gasteiger partial charge on any atom is -0.0154 e. The highest BCUT2D eigenvalue weighted by Gasteiger charge is 2.59. The number of hydrogen-bond acceptors (Lipinski definition) is 0. The Bertz CT molecular complexity index is 1530. The fourth-order valence-electron chi connectivity index (χ4n) is 10.9. The maximum absolute atomic E-state index is 2.74. The highest BCUT2D eigenvalue weighted by atomic mass is 14.6. The molecular weight excluding hydrogens is 492 g/mol. The smallest absolute Gasteiger partial charge is 0.0154 e. The second-order valence-electron chi connectivity index (χ2n) is 15.1. The minimum Gasteiger partial charge on any atom is -0.0622 e. The number of hydrogen-bond donors (Lipinski definition) is 0. The quantitative estimate of drug-likeness (QED) is 0.243. The summed E-state index contributed by atoms with van der Waals surface area (Å²) in [5, 5.41) is 2.80. The van der Waals surface area contributed by atoms with Gasteiger partial charge in [0.15, 0.2) is 0 Å². The second-order valence-corrected chi connectivity index (χ2v) is 15.1. The normalized spacial score (nSPS) is 36.3. The molecule has 0 amide bonds. The lowest BCUT2D eigenvalue weighted by Crippen LogP contribution is -2.52. The van der Waals surface area contributed by atoms with Crippen LogP contribution in [-0.2, 0) is 0 Å². The summed E-state index contributed by atoms with van der Waals surface area (Å²) in [5.41, 5.74) is 6.95. The fourth-order valence-corrected chi connectivity index (χ4v) is 10.9. The lowest BCUT2D eigenvalue weighted by Gasteiger charge is -2.60. The van der Waals surface area contributed by atoms with Crippen molar-refractivity contribution in [1.29, 1.82) is 0 Å². The van der Waals surface area contributed by atoms with Crippen molar-refractivity contribution in [2.45, 2.75) is 83.5 Å². The molecule has 0 nitrogen and oxygen atoms in total. The predicted molar refractivity (Wildman–Crippen MR) is 173 cm³/mol. The summed E-state index contributed by atoms with van der Waals surface area (Å²) in [4.78, 5) is 0. The molecule has 0 spiro atoms. The van der Waals surface area contributed by atoms with Gasteiger partial charge in [-0.25, -0.2) is 0 Å². The third-order valence-electron chi connectivity index (χ3n) is 13.2. The molecule has 8 atom stereocenters. The highest BCUT2D eigenvalue weighted by molar-refractivity contribution is 5.83. The van der Waals surface area contributed by atoms with Crippen molar-refractivity contribution in [2.75, 3.05) is 0 Å². The van der Waals surface area contributed by atoms with E-state index in [-0.39, 0.29) is 0 Å². The second kappa shape index (κ2) is 9.86. The Balaban J connectivity index is 0.992. The summed E-state index contributed by atoms with van der Waals surface area (Å²) in [6, 6.07) is 36.7. The van der Waals surface area contributed by atoms with Gasteiger partial charge in [0.05, 0.1) is 0 Å². The molecule has 0 aliphatic heterocycles. The van der Waals surface area contributed by atoms with Crippen molar-refractivity contribution >= 4 is 10.8 Å². The molecule has 8 rings (SSSR count). The predicted octanol–water partition coefficient (Wildman–Crippen LogP) is 11.4. The summed E-state index contributed by atoms with van der Waals surface area (Å²) >= 11 is 0. The Morgan fingerprint density at radius 3 is 2.12 bits per heavy atom. The number of rotatable bonds is 3. The molecular formula is C41H46. The van der Waals surface area contributed by atoms with Gasteiger partial charge in [-0.3, -0.25) is 0 Å². The Hall–Kier alpha value is -2.86. The van der Waals surface area contributed by atoms with Crippen LogP contribution in [-0.4, -0.2) is 0 Å². The van der Waals surface area contributed by atoms with Gasteiger partial charge in [0.1, 0.15) is 0 Å². The van der Waals surface area contributed by atoms with Gasteiger partial charge < -0.3 is 0 Å². The van der Waals surface area contributed by atoms with Crippen LogP contribution in [0.5, 0.6) is 0 Å². The molecule has 0 heteroatoms. The molecule has 4 aliphatic rings. The first kappa shape index (κ1) is 25.8. The maximum atomic E-state index is 2.74. The average molecular weight is 539 g/mol. The van der Waals surface area contributed by atoms with Crippen molar-refractivity contribution in [2.24, 2.45) is 34.5 Å². The van der Waals surface area contributed by atoms with Gasteiger partial charge in [-0.2, -0.15) is 0 Å². The monoisotopic (exact) mass is 538 g/mol. The van der Waals surface area contributed by atoms with E-state index in [4.69, 9.17) is 0 Å². The van der Waals surface area contributed by atoms with Crippen molar-refractivity contribution in [3.05, 3.63) is 108 Å². The van der Waals surface area contributed by atoms with Crippen molar-refractivity contribution < 1.29 is 0 Å². The standard InChI is InChI=1S/C41H46/c1-40-22-21-38-37(39(40)26-35(27-40)31-14-12-30(13-15-31)28-8-4-3-5-9-28)19-18-36-25-34(20-23-41(36,38)2)33-17-16-29-10-6-7-11-32(29)24-33/h3-17,24,34-39H,18-23,25-27H2,1-2H3/t34?,35?,36-,37+,38-,39-,40+,41-/m0/s1. The largest absolute Gasteiger partial charge is 0.0622 e. The first-order chi connectivity index (χ1) is 20.0. The fraction of sp³-hybridized carbons (Fsp3) is 0.463. The molecule has 0 saturated heterocycles. The SMILES string of the molecule is C[C@]12CC[C@H]3[C@@H](CC[C@H]4CC(c5ccc6ccccc6c5)CC[C@@]43C)[C@@H]1CC(c1ccc(-c3ccccc3)cc1)C2. The molecule has 4 aromatic rings. The molecule has 4 aliphatic carbocycles. The molecule has 0 aromatic heterocycles. The Labute approximate surface area is 247 Å². The summed E-state index contributed by atoms with van der Waals surface area (Å²) < 4.78 is 0. The molecule has 0 bridgehead atoms. The topological polar surface area (TPSA) is 0 Å². The van der Waals surface area contributed by atoms with E-state index in [2.05, 4.69) is 111 Å². The van der Waals surface area contributed by atoms with Crippen LogP contribution in [0.15, 0.2) is 97.1 Å². The summed E-state index contributed by atoms with van der Waals surface area (Å²) in [7, 11) is 0. The van der Waals surface area contributed by atoms with Crippen LogP contribution in [0, 0.1) is 34.5 Å². The van der Waals surface area contributed by atoms with E-state index in [1.165, 1.54) is 79.7 Å². The Morgan fingerprint density at radius 2 is 1.29 bits per heavy atom. The molecule has 210 valence electrons. The van der Waals surface area contributed by atoms with Crippen LogP contribution < -0.4 is 0 Å². The van der Waals surface area contributed by atoms with Crippen molar-refractivity contribution in [3.63, 3.8) is 0 Å². The van der Waals surface area contributed by atoms with E-state index < -0.39 is 0 Å². The van der Waals surface area contributed by atoms with E-state index >= 15 is 0 Å². The van der Waals surface area contributed by atoms with Crippen LogP contribution in [0.25, 0.3) is 21.9 Å². The first-order valence-electron chi connectivity index (χ1n) is 16.6. The van der Waals surface area contributed by atoms with E-state index in [9.17, 15) is 0 Å². The first-order valence-corrected chi connectivity index (χ1v) is 16.6. The third-order valence-corrected chi connectivity index (χ3v) is 13.2. The van der Waals surface area contributed by atoms with E-state index in [0.29, 0.717) is 10.8 Å². The van der Waals surface area contributed by atoms with E-state index in [0.717, 1.165) is 35.5 Å². The molecule has 4 saturated carbocycles. The van der Waals surface area contributed by atoms with Gasteiger partial charge >= 0.3 is 0 Å². The average Bonchev–Trinajstić information content (AvgIpc) is 3.39. The summed E-state index contributed by atoms with van der Waals surface area (Å²) in [6.45, 7) is 5.42. The minimum absolute atomic E-state index is 0.537. The van der Waals surface area contributed by atoms with Gasteiger partial charge in [-0.15, -0.1) is 0 Å². The highest BCUT2D eigenvalue weighted by Crippen LogP contribution is 2.68. The van der Waals surface area contributed by atoms with Crippen molar-refractivity contribution in [3.8, 4) is 11.1 Å². The van der Waals surface area contributed by atoms with Gasteiger partial charge in [0.25, 0.3) is 0 Å². The minimum atomic E-state index is 0.537. The Kier molecular flexibility index (Phi) is 6.21. The lowest BCUT2D eigenvalue weighted by atomic mass is 9.44. The molecule has 0 heterocycles. The van der Waals surface area contributed by atoms with Crippen molar-refractivity contribution in [1.82, 2.24) is 0 Å². The van der Waals surface area contributed by atoms with Crippen LogP contribution in [0.1, 0.15) is 94.6 Å². The zero-order chi connectivity index (χ0) is 27.6. The molecule has 0 N–H and O–H groups in total. The summed E-state index contributed by atoms with van der Waals surface area (Å²) in [5.74, 6) is 5.19.